The van der Waals surface area contributed by atoms with Crippen LogP contribution in [0.25, 0.3) is 11.1 Å². The van der Waals surface area contributed by atoms with Gasteiger partial charge >= 0.3 is 24.4 Å². The Bertz CT molecular complexity index is 1710. The summed E-state index contributed by atoms with van der Waals surface area (Å²) in [5.74, 6) is 0.210. The van der Waals surface area contributed by atoms with Crippen molar-refractivity contribution in [3.05, 3.63) is 75.6 Å². The summed E-state index contributed by atoms with van der Waals surface area (Å²) in [7, 11) is 1.38. The van der Waals surface area contributed by atoms with Crippen LogP contribution in [0.15, 0.2) is 42.6 Å². The van der Waals surface area contributed by atoms with Crippen molar-refractivity contribution < 1.29 is 45.4 Å². The van der Waals surface area contributed by atoms with Gasteiger partial charge in [-0.25, -0.2) is 14.8 Å². The van der Waals surface area contributed by atoms with Crippen molar-refractivity contribution in [2.45, 2.75) is 76.0 Å². The van der Waals surface area contributed by atoms with Gasteiger partial charge in [0, 0.05) is 35.4 Å². The maximum atomic E-state index is 13.6. The van der Waals surface area contributed by atoms with Gasteiger partial charge < -0.3 is 14.4 Å². The van der Waals surface area contributed by atoms with Crippen LogP contribution >= 0.6 is 11.6 Å². The summed E-state index contributed by atoms with van der Waals surface area (Å²) < 4.78 is 92.0. The fourth-order valence-corrected chi connectivity index (χ4v) is 6.94. The smallest absolute Gasteiger partial charge is 0.416 e. The lowest BCUT2D eigenvalue weighted by Crippen LogP contribution is -2.39. The number of nitrogens with zero attached hydrogens (tertiary/aromatic N) is 4. The third-order valence-electron chi connectivity index (χ3n) is 9.66. The first kappa shape index (κ1) is 34.8. The molecule has 0 radical (unpaired) electrons. The number of anilines is 1. The molecule has 0 N–H and O–H groups in total. The molecule has 2 aliphatic heterocycles. The van der Waals surface area contributed by atoms with E-state index in [-0.39, 0.29) is 30.4 Å². The number of hydrogen-bond donors (Lipinski definition) is 0. The van der Waals surface area contributed by atoms with Gasteiger partial charge in [0.25, 0.3) is 0 Å². The number of ether oxygens (including phenoxy) is 2. The normalized spacial score (nSPS) is 22.9. The van der Waals surface area contributed by atoms with Gasteiger partial charge in [-0.1, -0.05) is 17.7 Å². The average molecular weight is 711 g/mol. The van der Waals surface area contributed by atoms with Crippen LogP contribution in [0.5, 0.6) is 0 Å². The molecule has 3 aromatic rings. The van der Waals surface area contributed by atoms with Crippen molar-refractivity contribution in [2.24, 2.45) is 5.92 Å². The molecule has 0 spiro atoms. The van der Waals surface area contributed by atoms with Crippen molar-refractivity contribution >= 4 is 29.6 Å². The molecule has 2 aromatic carbocycles. The Morgan fingerprint density at radius 1 is 0.959 bits per heavy atom. The number of esters is 1. The van der Waals surface area contributed by atoms with E-state index < -0.39 is 47.3 Å². The predicted molar refractivity (Wildman–Crippen MR) is 167 cm³/mol. The maximum absolute atomic E-state index is 13.6. The van der Waals surface area contributed by atoms with E-state index in [0.717, 1.165) is 37.9 Å². The molecule has 2 atom stereocenters. The Kier molecular flexibility index (Phi) is 9.46. The van der Waals surface area contributed by atoms with Crippen LogP contribution in [0.4, 0.5) is 37.1 Å². The Labute approximate surface area is 283 Å². The maximum Gasteiger partial charge on any atom is 0.416 e. The number of rotatable bonds is 7. The SMILES string of the molecule is COC(=O)[C@H]1CC[C@H](c2ccc(Cl)c(-c3cnc(N4CCC4)nc3CN3C(=O)O[C@H](c4cc(C(F)(F)F)cc(C(F)(F)F)c4)[C@@H]3C)c2)CC1. The monoisotopic (exact) mass is 710 g/mol. The van der Waals surface area contributed by atoms with E-state index in [1.807, 2.05) is 17.0 Å². The highest BCUT2D eigenvalue weighted by Crippen LogP contribution is 2.43. The van der Waals surface area contributed by atoms with Crippen LogP contribution in [-0.4, -0.2) is 53.2 Å². The molecule has 2 saturated heterocycles. The Morgan fingerprint density at radius 2 is 1.61 bits per heavy atom. The van der Waals surface area contributed by atoms with Crippen LogP contribution in [0.3, 0.4) is 0 Å². The Balaban J connectivity index is 1.32. The van der Waals surface area contributed by atoms with E-state index in [4.69, 9.17) is 26.1 Å². The van der Waals surface area contributed by atoms with Crippen LogP contribution in [-0.2, 0) is 33.2 Å². The summed E-state index contributed by atoms with van der Waals surface area (Å²) in [5, 5.41) is 0.395. The van der Waals surface area contributed by atoms with E-state index in [1.54, 1.807) is 12.3 Å². The van der Waals surface area contributed by atoms with Gasteiger partial charge in [-0.15, -0.1) is 0 Å². The zero-order valence-electron chi connectivity index (χ0n) is 26.6. The lowest BCUT2D eigenvalue weighted by Gasteiger charge is -2.31. The first-order valence-corrected chi connectivity index (χ1v) is 16.3. The first-order chi connectivity index (χ1) is 23.1. The topological polar surface area (TPSA) is 84.9 Å². The lowest BCUT2D eigenvalue weighted by atomic mass is 9.78. The standard InChI is InChI=1S/C34H33ClF6N4O4/c1-18-29(22-12-23(33(36,37)38)15-24(13-22)34(39,40)41)49-32(47)45(18)17-28-26(16-42-31(43-28)44-10-3-11-44)25-14-21(8-9-27(25)35)19-4-6-20(7-5-19)30(46)48-2/h8-9,12-16,18-20,29H,3-7,10-11,17H2,1-2H3/t18-,19-,20-,29-/m0/s1. The summed E-state index contributed by atoms with van der Waals surface area (Å²) in [6, 6.07) is 5.87. The minimum Gasteiger partial charge on any atom is -0.469 e. The van der Waals surface area contributed by atoms with E-state index in [0.29, 0.717) is 52.8 Å². The number of cyclic esters (lactones) is 1. The minimum absolute atomic E-state index is 0.0375. The number of amides is 1. The predicted octanol–water partition coefficient (Wildman–Crippen LogP) is 8.57. The molecule has 0 unspecified atom stereocenters. The zero-order chi connectivity index (χ0) is 35.2. The molecule has 262 valence electrons. The fraction of sp³-hybridized carbons (Fsp3) is 0.471. The number of carbonyl (C=O) groups excluding carboxylic acids is 2. The molecule has 1 aliphatic carbocycles. The summed E-state index contributed by atoms with van der Waals surface area (Å²) in [5.41, 5.74) is -0.916. The highest BCUT2D eigenvalue weighted by molar-refractivity contribution is 6.33. The first-order valence-electron chi connectivity index (χ1n) is 15.9. The third kappa shape index (κ3) is 7.15. The van der Waals surface area contributed by atoms with Crippen molar-refractivity contribution in [3.8, 4) is 11.1 Å². The fourth-order valence-electron chi connectivity index (χ4n) is 6.72. The van der Waals surface area contributed by atoms with Gasteiger partial charge in [0.2, 0.25) is 5.95 Å². The molecule has 1 amide bonds. The lowest BCUT2D eigenvalue weighted by molar-refractivity contribution is -0.147. The quantitative estimate of drug-likeness (QED) is 0.179. The molecule has 1 aromatic heterocycles. The zero-order valence-corrected chi connectivity index (χ0v) is 27.3. The van der Waals surface area contributed by atoms with Crippen LogP contribution < -0.4 is 4.90 Å². The molecule has 8 nitrogen and oxygen atoms in total. The van der Waals surface area contributed by atoms with Crippen molar-refractivity contribution in [1.82, 2.24) is 14.9 Å². The van der Waals surface area contributed by atoms with Gasteiger partial charge in [-0.3, -0.25) is 9.69 Å². The van der Waals surface area contributed by atoms with E-state index >= 15 is 0 Å². The van der Waals surface area contributed by atoms with Gasteiger partial charge in [0.05, 0.1) is 42.4 Å². The largest absolute Gasteiger partial charge is 0.469 e. The Morgan fingerprint density at radius 3 is 2.18 bits per heavy atom. The van der Waals surface area contributed by atoms with Crippen LogP contribution in [0.1, 0.15) is 79.0 Å². The molecule has 49 heavy (non-hydrogen) atoms. The summed E-state index contributed by atoms with van der Waals surface area (Å²) >= 11 is 6.73. The highest BCUT2D eigenvalue weighted by Gasteiger charge is 2.44. The molecule has 3 heterocycles. The molecule has 6 rings (SSSR count). The third-order valence-corrected chi connectivity index (χ3v) is 9.99. The molecule has 3 fully saturated rings. The molecule has 15 heteroatoms. The number of alkyl halides is 6. The van der Waals surface area contributed by atoms with Gasteiger partial charge in [0.1, 0.15) is 6.10 Å². The van der Waals surface area contributed by atoms with Gasteiger partial charge in [-0.05, 0) is 86.4 Å². The molecular formula is C34H33ClF6N4O4. The molecule has 3 aliphatic rings. The van der Waals surface area contributed by atoms with Crippen molar-refractivity contribution in [3.63, 3.8) is 0 Å². The summed E-state index contributed by atoms with van der Waals surface area (Å²) in [4.78, 5) is 37.8. The molecule has 0 bridgehead atoms. The van der Waals surface area contributed by atoms with E-state index in [1.165, 1.54) is 18.9 Å². The van der Waals surface area contributed by atoms with Gasteiger partial charge in [0.15, 0.2) is 0 Å². The molecule has 1 saturated carbocycles. The number of hydrogen-bond acceptors (Lipinski definition) is 7. The van der Waals surface area contributed by atoms with Crippen molar-refractivity contribution in [2.75, 3.05) is 25.1 Å². The number of aromatic nitrogens is 2. The molecular weight excluding hydrogens is 678 g/mol. The number of carbonyl (C=O) groups is 2. The van der Waals surface area contributed by atoms with Crippen LogP contribution in [0.2, 0.25) is 5.02 Å². The minimum atomic E-state index is -5.06. The second-order valence-electron chi connectivity index (χ2n) is 12.7. The van der Waals surface area contributed by atoms with Crippen LogP contribution in [0, 0.1) is 5.92 Å². The average Bonchev–Trinajstić information content (AvgIpc) is 3.31. The Hall–Kier alpha value is -4.07. The second kappa shape index (κ2) is 13.3. The van der Waals surface area contributed by atoms with Crippen molar-refractivity contribution in [1.29, 1.82) is 0 Å². The number of methoxy groups -OCH3 is 1. The summed E-state index contributed by atoms with van der Waals surface area (Å²) in [6.07, 6.45) is -6.99. The second-order valence-corrected chi connectivity index (χ2v) is 13.1. The van der Waals surface area contributed by atoms with Gasteiger partial charge in [-0.2, -0.15) is 26.3 Å². The highest BCUT2D eigenvalue weighted by atomic mass is 35.5. The number of halogens is 7. The summed E-state index contributed by atoms with van der Waals surface area (Å²) in [6.45, 7) is 2.78. The van der Waals surface area contributed by atoms with E-state index in [9.17, 15) is 35.9 Å². The van der Waals surface area contributed by atoms with E-state index in [2.05, 4.69) is 4.98 Å². The number of benzene rings is 2.